The molecule has 1 aromatic carbocycles. The fourth-order valence-electron chi connectivity index (χ4n) is 2.30. The molecular formula is C17H15F2N3O2. The third-order valence-electron chi connectivity index (χ3n) is 3.73. The van der Waals surface area contributed by atoms with E-state index in [-0.39, 0.29) is 17.0 Å². The van der Waals surface area contributed by atoms with E-state index in [9.17, 15) is 13.6 Å². The number of hydrogen-bond acceptors (Lipinski definition) is 4. The van der Waals surface area contributed by atoms with Gasteiger partial charge in [0, 0.05) is 7.05 Å². The molecule has 0 aliphatic carbocycles. The molecule has 1 unspecified atom stereocenters. The van der Waals surface area contributed by atoms with Crippen molar-refractivity contribution in [1.82, 2.24) is 9.88 Å². The van der Waals surface area contributed by atoms with E-state index < -0.39 is 23.6 Å². The van der Waals surface area contributed by atoms with Crippen LogP contribution in [0.15, 0.2) is 30.5 Å². The summed E-state index contributed by atoms with van der Waals surface area (Å²) in [5, 5.41) is 9.16. The Morgan fingerprint density at radius 3 is 2.67 bits per heavy atom. The molecule has 0 saturated heterocycles. The molecule has 1 aromatic heterocycles. The zero-order valence-electron chi connectivity index (χ0n) is 13.4. The molecule has 5 nitrogen and oxygen atoms in total. The minimum atomic E-state index is -0.677. The molecule has 0 bridgehead atoms. The summed E-state index contributed by atoms with van der Waals surface area (Å²) in [5.41, 5.74) is 0.561. The van der Waals surface area contributed by atoms with Gasteiger partial charge >= 0.3 is 0 Å². The number of halogens is 2. The number of nitriles is 1. The first kappa shape index (κ1) is 17.3. The third kappa shape index (κ3) is 3.33. The van der Waals surface area contributed by atoms with Gasteiger partial charge in [-0.15, -0.1) is 0 Å². The molecule has 0 N–H and O–H groups in total. The predicted octanol–water partition coefficient (Wildman–Crippen LogP) is 3.07. The van der Waals surface area contributed by atoms with E-state index >= 15 is 0 Å². The van der Waals surface area contributed by atoms with E-state index in [0.29, 0.717) is 5.56 Å². The molecule has 7 heteroatoms. The van der Waals surface area contributed by atoms with Gasteiger partial charge in [-0.05, 0) is 36.8 Å². The van der Waals surface area contributed by atoms with Crippen LogP contribution in [0.1, 0.15) is 34.5 Å². The van der Waals surface area contributed by atoms with Gasteiger partial charge in [-0.3, -0.25) is 4.79 Å². The van der Waals surface area contributed by atoms with Crippen LogP contribution >= 0.6 is 0 Å². The van der Waals surface area contributed by atoms with Crippen molar-refractivity contribution in [2.45, 2.75) is 13.0 Å². The number of carbonyl (C=O) groups is 1. The number of hydrogen-bond donors (Lipinski definition) is 0. The highest BCUT2D eigenvalue weighted by Crippen LogP contribution is 2.26. The van der Waals surface area contributed by atoms with Crippen LogP contribution in [-0.2, 0) is 0 Å². The van der Waals surface area contributed by atoms with Crippen molar-refractivity contribution < 1.29 is 18.3 Å². The Bertz CT molecular complexity index is 818. The van der Waals surface area contributed by atoms with E-state index in [1.165, 1.54) is 37.3 Å². The van der Waals surface area contributed by atoms with Crippen molar-refractivity contribution in [2.24, 2.45) is 0 Å². The van der Waals surface area contributed by atoms with Gasteiger partial charge in [0.1, 0.15) is 17.2 Å². The Morgan fingerprint density at radius 2 is 2.04 bits per heavy atom. The summed E-state index contributed by atoms with van der Waals surface area (Å²) < 4.78 is 31.9. The van der Waals surface area contributed by atoms with Gasteiger partial charge in [0.05, 0.1) is 31.0 Å². The lowest BCUT2D eigenvalue weighted by atomic mass is 10.0. The normalized spacial score (nSPS) is 11.5. The summed E-state index contributed by atoms with van der Waals surface area (Å²) in [6, 6.07) is 6.10. The zero-order chi connectivity index (χ0) is 17.9. The van der Waals surface area contributed by atoms with E-state index in [0.717, 1.165) is 12.3 Å². The predicted molar refractivity (Wildman–Crippen MR) is 82.4 cm³/mol. The van der Waals surface area contributed by atoms with Crippen LogP contribution in [0, 0.1) is 23.0 Å². The standard InChI is InChI=1S/C17H15F2N3O2/c1-10(14-6-12(18)5-4-11(14)8-20)22(2)17(23)15-7-13(19)9-21-16(15)24-3/h4-7,9-10H,1-3H3. The summed E-state index contributed by atoms with van der Waals surface area (Å²) in [6.45, 7) is 1.65. The summed E-state index contributed by atoms with van der Waals surface area (Å²) in [5.74, 6) is -1.76. The number of aromatic nitrogens is 1. The quantitative estimate of drug-likeness (QED) is 0.863. The maximum Gasteiger partial charge on any atom is 0.259 e. The van der Waals surface area contributed by atoms with E-state index in [4.69, 9.17) is 10.00 Å². The highest BCUT2D eigenvalue weighted by Gasteiger charge is 2.25. The number of ether oxygens (including phenoxy) is 1. The average Bonchev–Trinajstić information content (AvgIpc) is 2.59. The number of benzene rings is 1. The lowest BCUT2D eigenvalue weighted by Gasteiger charge is -2.26. The summed E-state index contributed by atoms with van der Waals surface area (Å²) in [4.78, 5) is 17.6. The van der Waals surface area contributed by atoms with Crippen LogP contribution < -0.4 is 4.74 Å². The molecule has 0 aliphatic rings. The second kappa shape index (κ2) is 7.04. The topological polar surface area (TPSA) is 66.2 Å². The van der Waals surface area contributed by atoms with Gasteiger partial charge in [-0.1, -0.05) is 0 Å². The molecule has 2 rings (SSSR count). The summed E-state index contributed by atoms with van der Waals surface area (Å²) in [7, 11) is 2.80. The largest absolute Gasteiger partial charge is 0.480 e. The maximum atomic E-state index is 13.5. The van der Waals surface area contributed by atoms with Gasteiger partial charge < -0.3 is 9.64 Å². The van der Waals surface area contributed by atoms with Crippen molar-refractivity contribution >= 4 is 5.91 Å². The lowest BCUT2D eigenvalue weighted by Crippen LogP contribution is -2.30. The Labute approximate surface area is 138 Å². The number of pyridine rings is 1. The van der Waals surface area contributed by atoms with E-state index in [1.54, 1.807) is 6.92 Å². The summed E-state index contributed by atoms with van der Waals surface area (Å²) >= 11 is 0. The van der Waals surface area contributed by atoms with Crippen LogP contribution in [0.4, 0.5) is 8.78 Å². The second-order valence-electron chi connectivity index (χ2n) is 5.15. The number of amides is 1. The summed E-state index contributed by atoms with van der Waals surface area (Å²) in [6.07, 6.45) is 0.944. The van der Waals surface area contributed by atoms with E-state index in [1.807, 2.05) is 6.07 Å². The molecule has 2 aromatic rings. The van der Waals surface area contributed by atoms with E-state index in [2.05, 4.69) is 4.98 Å². The fraction of sp³-hybridized carbons (Fsp3) is 0.235. The number of carbonyl (C=O) groups excluding carboxylic acids is 1. The molecule has 1 amide bonds. The average molecular weight is 331 g/mol. The maximum absolute atomic E-state index is 13.5. The first-order valence-electron chi connectivity index (χ1n) is 7.05. The fourth-order valence-corrected chi connectivity index (χ4v) is 2.30. The molecule has 1 heterocycles. The highest BCUT2D eigenvalue weighted by atomic mass is 19.1. The molecule has 1 atom stereocenters. The Kier molecular flexibility index (Phi) is 5.09. The lowest BCUT2D eigenvalue weighted by molar-refractivity contribution is 0.0737. The monoisotopic (exact) mass is 331 g/mol. The SMILES string of the molecule is COc1ncc(F)cc1C(=O)N(C)C(C)c1cc(F)ccc1C#N. The van der Waals surface area contributed by atoms with Crippen LogP contribution in [0.2, 0.25) is 0 Å². The molecular weight excluding hydrogens is 316 g/mol. The molecule has 0 spiro atoms. The van der Waals surface area contributed by atoms with Crippen molar-refractivity contribution in [3.63, 3.8) is 0 Å². The van der Waals surface area contributed by atoms with Crippen LogP contribution in [-0.4, -0.2) is 29.9 Å². The van der Waals surface area contributed by atoms with Crippen LogP contribution in [0.5, 0.6) is 5.88 Å². The van der Waals surface area contributed by atoms with Gasteiger partial charge in [0.15, 0.2) is 0 Å². The number of methoxy groups -OCH3 is 1. The van der Waals surface area contributed by atoms with Crippen molar-refractivity contribution in [1.29, 1.82) is 5.26 Å². The molecule has 0 fully saturated rings. The molecule has 0 aliphatic heterocycles. The first-order valence-corrected chi connectivity index (χ1v) is 7.05. The van der Waals surface area contributed by atoms with Gasteiger partial charge in [0.2, 0.25) is 5.88 Å². The number of rotatable bonds is 4. The number of nitrogens with zero attached hydrogens (tertiary/aromatic N) is 3. The molecule has 0 saturated carbocycles. The minimum Gasteiger partial charge on any atom is -0.480 e. The van der Waals surface area contributed by atoms with Gasteiger partial charge in [0.25, 0.3) is 5.91 Å². The van der Waals surface area contributed by atoms with Crippen LogP contribution in [0.3, 0.4) is 0 Å². The second-order valence-corrected chi connectivity index (χ2v) is 5.15. The smallest absolute Gasteiger partial charge is 0.259 e. The van der Waals surface area contributed by atoms with Gasteiger partial charge in [-0.2, -0.15) is 5.26 Å². The van der Waals surface area contributed by atoms with Crippen LogP contribution in [0.25, 0.3) is 0 Å². The van der Waals surface area contributed by atoms with Gasteiger partial charge in [-0.25, -0.2) is 13.8 Å². The van der Waals surface area contributed by atoms with Crippen molar-refractivity contribution in [2.75, 3.05) is 14.2 Å². The molecule has 0 radical (unpaired) electrons. The minimum absolute atomic E-state index is 0.0137. The molecule has 124 valence electrons. The van der Waals surface area contributed by atoms with Crippen molar-refractivity contribution in [3.8, 4) is 11.9 Å². The first-order chi connectivity index (χ1) is 11.4. The zero-order valence-corrected chi connectivity index (χ0v) is 13.4. The Balaban J connectivity index is 2.40. The van der Waals surface area contributed by atoms with Crippen molar-refractivity contribution in [3.05, 3.63) is 58.8 Å². The Hall–Kier alpha value is -3.01. The highest BCUT2D eigenvalue weighted by molar-refractivity contribution is 5.96. The molecule has 24 heavy (non-hydrogen) atoms. The Morgan fingerprint density at radius 1 is 1.33 bits per heavy atom. The third-order valence-corrected chi connectivity index (χ3v) is 3.73.